The normalized spacial score (nSPS) is 13.6. The van der Waals surface area contributed by atoms with E-state index in [-0.39, 0.29) is 5.97 Å². The van der Waals surface area contributed by atoms with E-state index in [0.29, 0.717) is 0 Å². The highest BCUT2D eigenvalue weighted by atomic mass is 28.3. The summed E-state index contributed by atoms with van der Waals surface area (Å²) in [6.45, 7) is 10.3. The zero-order chi connectivity index (χ0) is 12.5. The molecule has 0 saturated carbocycles. The molecule has 0 aromatic carbocycles. The van der Waals surface area contributed by atoms with Gasteiger partial charge in [-0.2, -0.15) is 0 Å². The lowest BCUT2D eigenvalue weighted by Gasteiger charge is -2.15. The molecule has 0 saturated heterocycles. The van der Waals surface area contributed by atoms with Crippen molar-refractivity contribution < 1.29 is 9.53 Å². The largest absolute Gasteiger partial charge is 0.467 e. The maximum absolute atomic E-state index is 11.4. The molecule has 90 valence electrons. The second-order valence-corrected chi connectivity index (χ2v) is 9.89. The van der Waals surface area contributed by atoms with E-state index in [1.165, 1.54) is 7.11 Å². The van der Waals surface area contributed by atoms with Gasteiger partial charge in [-0.1, -0.05) is 24.9 Å². The minimum Gasteiger partial charge on any atom is -0.467 e. The van der Waals surface area contributed by atoms with Gasteiger partial charge in [-0.15, -0.1) is 5.10 Å². The second kappa shape index (κ2) is 4.37. The number of nitrogens with zero attached hydrogens (tertiary/aromatic N) is 3. The van der Waals surface area contributed by atoms with Crippen LogP contribution >= 0.6 is 0 Å². The summed E-state index contributed by atoms with van der Waals surface area (Å²) in [6, 6.07) is -0.414. The molecule has 1 heterocycles. The first kappa shape index (κ1) is 12.9. The van der Waals surface area contributed by atoms with Gasteiger partial charge in [0.25, 0.3) is 0 Å². The second-order valence-electron chi connectivity index (χ2n) is 4.92. The Hall–Kier alpha value is -1.17. The molecule has 1 aromatic heterocycles. The van der Waals surface area contributed by atoms with Crippen LogP contribution in [0.3, 0.4) is 0 Å². The molecular formula is C10H19N3O2Si. The molecule has 6 heteroatoms. The van der Waals surface area contributed by atoms with Crippen LogP contribution in [0.4, 0.5) is 0 Å². The highest BCUT2D eigenvalue weighted by Crippen LogP contribution is 2.10. The molecule has 0 radical (unpaired) electrons. The summed E-state index contributed by atoms with van der Waals surface area (Å²) in [5.74, 6) is -0.296. The maximum Gasteiger partial charge on any atom is 0.330 e. The van der Waals surface area contributed by atoms with Gasteiger partial charge in [-0.3, -0.25) is 0 Å². The fourth-order valence-corrected chi connectivity index (χ4v) is 3.22. The minimum atomic E-state index is -1.49. The van der Waals surface area contributed by atoms with Gasteiger partial charge in [-0.05, 0) is 13.8 Å². The number of ether oxygens (including phenoxy) is 1. The van der Waals surface area contributed by atoms with E-state index < -0.39 is 14.1 Å². The Bertz CT molecular complexity index is 395. The molecule has 0 aliphatic carbocycles. The Morgan fingerprint density at radius 2 is 2.00 bits per heavy atom. The van der Waals surface area contributed by atoms with Gasteiger partial charge in [0, 0.05) is 0 Å². The number of hydrogen-bond acceptors (Lipinski definition) is 4. The number of aromatic nitrogens is 3. The number of carbonyl (C=O) groups is 1. The van der Waals surface area contributed by atoms with Crippen LogP contribution in [0.25, 0.3) is 0 Å². The molecule has 0 N–H and O–H groups in total. The van der Waals surface area contributed by atoms with Crippen molar-refractivity contribution >= 4 is 19.4 Å². The Kier molecular flexibility index (Phi) is 3.52. The van der Waals surface area contributed by atoms with Gasteiger partial charge in [-0.25, -0.2) is 9.48 Å². The van der Waals surface area contributed by atoms with E-state index in [9.17, 15) is 4.79 Å². The van der Waals surface area contributed by atoms with Crippen molar-refractivity contribution in [2.45, 2.75) is 39.5 Å². The van der Waals surface area contributed by atoms with Crippen molar-refractivity contribution in [2.24, 2.45) is 0 Å². The molecule has 1 atom stereocenters. The van der Waals surface area contributed by atoms with Gasteiger partial charge in [0.1, 0.15) is 14.1 Å². The molecule has 0 amide bonds. The molecule has 0 unspecified atom stereocenters. The van der Waals surface area contributed by atoms with Gasteiger partial charge < -0.3 is 4.74 Å². The Morgan fingerprint density at radius 3 is 2.38 bits per heavy atom. The lowest BCUT2D eigenvalue weighted by molar-refractivity contribution is -0.144. The van der Waals surface area contributed by atoms with Gasteiger partial charge in [0.15, 0.2) is 0 Å². The Morgan fingerprint density at radius 1 is 1.44 bits per heavy atom. The van der Waals surface area contributed by atoms with Crippen molar-refractivity contribution in [3.05, 3.63) is 5.69 Å². The van der Waals surface area contributed by atoms with E-state index in [1.54, 1.807) is 11.6 Å². The Labute approximate surface area is 96.8 Å². The van der Waals surface area contributed by atoms with Crippen LogP contribution in [0.5, 0.6) is 0 Å². The van der Waals surface area contributed by atoms with E-state index in [2.05, 4.69) is 30.0 Å². The van der Waals surface area contributed by atoms with Crippen LogP contribution in [-0.4, -0.2) is 36.1 Å². The van der Waals surface area contributed by atoms with Crippen LogP contribution < -0.4 is 5.32 Å². The van der Waals surface area contributed by atoms with Crippen LogP contribution in [-0.2, 0) is 9.53 Å². The highest BCUT2D eigenvalue weighted by Gasteiger charge is 2.27. The first-order chi connectivity index (χ1) is 7.29. The van der Waals surface area contributed by atoms with Gasteiger partial charge in [0.2, 0.25) is 0 Å². The van der Waals surface area contributed by atoms with Crippen molar-refractivity contribution in [1.29, 1.82) is 0 Å². The number of methoxy groups -OCH3 is 1. The third-order valence-electron chi connectivity index (χ3n) is 2.55. The summed E-state index contributed by atoms with van der Waals surface area (Å²) >= 11 is 0. The van der Waals surface area contributed by atoms with Crippen LogP contribution in [0, 0.1) is 6.92 Å². The topological polar surface area (TPSA) is 57.0 Å². The van der Waals surface area contributed by atoms with E-state index in [4.69, 9.17) is 4.74 Å². The van der Waals surface area contributed by atoms with Crippen molar-refractivity contribution in [1.82, 2.24) is 15.0 Å². The molecule has 16 heavy (non-hydrogen) atoms. The molecule has 1 rings (SSSR count). The molecule has 1 aromatic rings. The molecule has 0 bridgehead atoms. The lowest BCUT2D eigenvalue weighted by atomic mass is 10.3. The predicted molar refractivity (Wildman–Crippen MR) is 64.5 cm³/mol. The molecule has 5 nitrogen and oxygen atoms in total. The fourth-order valence-electron chi connectivity index (χ4n) is 1.67. The number of hydrogen-bond donors (Lipinski definition) is 0. The summed E-state index contributed by atoms with van der Waals surface area (Å²) < 4.78 is 6.34. The summed E-state index contributed by atoms with van der Waals surface area (Å²) in [4.78, 5) is 11.4. The number of esters is 1. The molecule has 0 fully saturated rings. The zero-order valence-corrected chi connectivity index (χ0v) is 11.7. The third-order valence-corrected chi connectivity index (χ3v) is 4.43. The van der Waals surface area contributed by atoms with Crippen LogP contribution in [0.1, 0.15) is 18.7 Å². The van der Waals surface area contributed by atoms with Crippen molar-refractivity contribution in [3.8, 4) is 0 Å². The summed E-state index contributed by atoms with van der Waals surface area (Å²) in [5.41, 5.74) is 0.970. The van der Waals surface area contributed by atoms with E-state index >= 15 is 0 Å². The summed E-state index contributed by atoms with van der Waals surface area (Å²) in [5, 5.41) is 9.29. The van der Waals surface area contributed by atoms with Gasteiger partial charge >= 0.3 is 5.97 Å². The first-order valence-corrected chi connectivity index (χ1v) is 8.79. The lowest BCUT2D eigenvalue weighted by Crippen LogP contribution is -2.41. The highest BCUT2D eigenvalue weighted by molar-refractivity contribution is 6.88. The first-order valence-electron chi connectivity index (χ1n) is 5.29. The quantitative estimate of drug-likeness (QED) is 0.582. The van der Waals surface area contributed by atoms with Crippen LogP contribution in [0.2, 0.25) is 19.6 Å². The third kappa shape index (κ3) is 2.32. The number of rotatable bonds is 3. The molecule has 0 aliphatic heterocycles. The van der Waals surface area contributed by atoms with E-state index in [1.807, 2.05) is 6.92 Å². The minimum absolute atomic E-state index is 0.296. The van der Waals surface area contributed by atoms with Crippen molar-refractivity contribution in [3.63, 3.8) is 0 Å². The summed E-state index contributed by atoms with van der Waals surface area (Å²) in [6.07, 6.45) is 0. The average molecular weight is 241 g/mol. The monoisotopic (exact) mass is 241 g/mol. The maximum atomic E-state index is 11.4. The van der Waals surface area contributed by atoms with E-state index in [0.717, 1.165) is 11.0 Å². The fraction of sp³-hybridized carbons (Fsp3) is 0.700. The molecule has 0 aliphatic rings. The average Bonchev–Trinajstić information content (AvgIpc) is 2.57. The SMILES string of the molecule is COC(=O)[C@@H](C)n1nnc([Si](C)(C)C)c1C. The smallest absolute Gasteiger partial charge is 0.330 e. The molecule has 0 spiro atoms. The number of carbonyl (C=O) groups excluding carboxylic acids is 1. The standard InChI is InChI=1S/C10H19N3O2Si/c1-7-9(16(4,5)6)11-12-13(7)8(2)10(14)15-3/h8H,1-6H3/t8-/m1/s1. The van der Waals surface area contributed by atoms with Crippen molar-refractivity contribution in [2.75, 3.05) is 7.11 Å². The summed E-state index contributed by atoms with van der Waals surface area (Å²) in [7, 11) is -0.115. The zero-order valence-electron chi connectivity index (χ0n) is 10.7. The Balaban J connectivity index is 3.10. The van der Waals surface area contributed by atoms with Gasteiger partial charge in [0.05, 0.1) is 18.1 Å². The molecular weight excluding hydrogens is 222 g/mol. The van der Waals surface area contributed by atoms with Crippen LogP contribution in [0.15, 0.2) is 0 Å². The predicted octanol–water partition coefficient (Wildman–Crippen LogP) is 0.866.